The summed E-state index contributed by atoms with van der Waals surface area (Å²) in [5, 5.41) is 12.6. The van der Waals surface area contributed by atoms with Crippen LogP contribution in [-0.2, 0) is 9.47 Å². The maximum atomic E-state index is 11.5. The van der Waals surface area contributed by atoms with Crippen molar-refractivity contribution >= 4 is 37.0 Å². The Labute approximate surface area is 217 Å². The Morgan fingerprint density at radius 3 is 1.26 bits per heavy atom. The van der Waals surface area contributed by atoms with E-state index in [1.807, 2.05) is 41.5 Å². The van der Waals surface area contributed by atoms with E-state index >= 15 is 0 Å². The minimum absolute atomic E-state index is 0. The average molecular weight is 526 g/mol. The molecule has 4 rings (SSSR count). The summed E-state index contributed by atoms with van der Waals surface area (Å²) in [7, 11) is 0. The topological polar surface area (TPSA) is 101 Å². The highest BCUT2D eigenvalue weighted by Gasteiger charge is 2.47. The van der Waals surface area contributed by atoms with Crippen molar-refractivity contribution < 1.29 is 19.1 Å². The highest BCUT2D eigenvalue weighted by molar-refractivity contribution is 5.85. The lowest BCUT2D eigenvalue weighted by Gasteiger charge is -2.45. The van der Waals surface area contributed by atoms with E-state index in [2.05, 4.69) is 21.3 Å². The first kappa shape index (κ1) is 31.1. The van der Waals surface area contributed by atoms with Gasteiger partial charge in [0.1, 0.15) is 11.2 Å². The van der Waals surface area contributed by atoms with Crippen LogP contribution in [0.25, 0.3) is 0 Å². The highest BCUT2D eigenvalue weighted by Crippen LogP contribution is 2.46. The molecule has 0 aromatic carbocycles. The number of hydrogen-bond acceptors (Lipinski definition) is 6. The summed E-state index contributed by atoms with van der Waals surface area (Å²) in [5.41, 5.74) is 0.139. The van der Waals surface area contributed by atoms with Gasteiger partial charge in [-0.05, 0) is 104 Å². The molecule has 34 heavy (non-hydrogen) atoms. The Morgan fingerprint density at radius 2 is 1.03 bits per heavy atom. The van der Waals surface area contributed by atoms with Crippen molar-refractivity contribution in [1.82, 2.24) is 21.3 Å². The number of amides is 2. The molecule has 4 aliphatic rings. The molecule has 2 aliphatic carbocycles. The molecule has 200 valence electrons. The summed E-state index contributed by atoms with van der Waals surface area (Å²) < 4.78 is 10.5. The van der Waals surface area contributed by atoms with Crippen LogP contribution in [0.1, 0.15) is 80.1 Å². The highest BCUT2D eigenvalue weighted by atomic mass is 35.5. The third-order valence-corrected chi connectivity index (χ3v) is 6.82. The van der Waals surface area contributed by atoms with E-state index in [9.17, 15) is 9.59 Å². The molecular weight excluding hydrogens is 479 g/mol. The summed E-state index contributed by atoms with van der Waals surface area (Å²) >= 11 is 0. The van der Waals surface area contributed by atoms with Gasteiger partial charge in [0.05, 0.1) is 0 Å². The molecule has 4 N–H and O–H groups in total. The molecule has 2 amide bonds. The third kappa shape index (κ3) is 9.25. The van der Waals surface area contributed by atoms with Crippen LogP contribution in [-0.4, -0.2) is 61.7 Å². The average Bonchev–Trinajstić information content (AvgIpc) is 3.20. The van der Waals surface area contributed by atoms with E-state index in [4.69, 9.17) is 9.47 Å². The van der Waals surface area contributed by atoms with Crippen molar-refractivity contribution in [3.63, 3.8) is 0 Å². The molecule has 2 aliphatic heterocycles. The zero-order valence-electron chi connectivity index (χ0n) is 21.7. The van der Waals surface area contributed by atoms with Crippen LogP contribution >= 0.6 is 24.8 Å². The fourth-order valence-corrected chi connectivity index (χ4v) is 5.41. The van der Waals surface area contributed by atoms with Crippen molar-refractivity contribution in [2.75, 3.05) is 26.2 Å². The quantitative estimate of drug-likeness (QED) is 0.432. The van der Waals surface area contributed by atoms with E-state index in [1.54, 1.807) is 0 Å². The number of hydrogen-bond donors (Lipinski definition) is 4. The van der Waals surface area contributed by atoms with Gasteiger partial charge in [-0.2, -0.15) is 0 Å². The molecule has 0 aromatic rings. The summed E-state index contributed by atoms with van der Waals surface area (Å²) in [6.45, 7) is 15.8. The molecule has 0 aromatic heterocycles. The number of nitrogens with one attached hydrogen (secondary N) is 4. The molecule has 2 saturated heterocycles. The maximum Gasteiger partial charge on any atom is 0.407 e. The summed E-state index contributed by atoms with van der Waals surface area (Å²) in [5.74, 6) is 0. The molecule has 8 nitrogen and oxygen atoms in total. The molecule has 0 radical (unpaired) electrons. The van der Waals surface area contributed by atoms with Crippen LogP contribution in [0, 0.1) is 10.8 Å². The van der Waals surface area contributed by atoms with Crippen LogP contribution in [0.3, 0.4) is 0 Å². The van der Waals surface area contributed by atoms with E-state index in [-0.39, 0.29) is 37.0 Å². The molecule has 2 heterocycles. The fraction of sp³-hybridized carbons (Fsp3) is 0.917. The Bertz CT molecular complexity index is 607. The first-order chi connectivity index (χ1) is 14.8. The maximum absolute atomic E-state index is 11.5. The van der Waals surface area contributed by atoms with Gasteiger partial charge in [0.25, 0.3) is 0 Å². The van der Waals surface area contributed by atoms with Gasteiger partial charge in [0.2, 0.25) is 0 Å². The SMILES string of the molecule is CC(C)(C)OC(=O)NC1CC2(CCNC2)C1.CC(C)(C)OC(=O)NC1CC2(CCNC2)C1.Cl.Cl. The van der Waals surface area contributed by atoms with Gasteiger partial charge in [-0.25, -0.2) is 9.59 Å². The summed E-state index contributed by atoms with van der Waals surface area (Å²) in [6, 6.07) is 0.629. The second-order valence-corrected chi connectivity index (χ2v) is 12.4. The van der Waals surface area contributed by atoms with Crippen molar-refractivity contribution in [1.29, 1.82) is 0 Å². The molecule has 2 spiro atoms. The second kappa shape index (κ2) is 11.8. The van der Waals surface area contributed by atoms with Gasteiger partial charge >= 0.3 is 12.2 Å². The molecule has 0 unspecified atom stereocenters. The summed E-state index contributed by atoms with van der Waals surface area (Å²) in [6.07, 6.45) is 6.33. The van der Waals surface area contributed by atoms with Crippen LogP contribution < -0.4 is 21.3 Å². The lowest BCUT2D eigenvalue weighted by atomic mass is 9.65. The number of carbonyl (C=O) groups excluding carboxylic acids is 2. The lowest BCUT2D eigenvalue weighted by Crippen LogP contribution is -2.52. The number of carbonyl (C=O) groups is 2. The smallest absolute Gasteiger partial charge is 0.407 e. The Kier molecular flexibility index (Phi) is 10.8. The molecule has 0 bridgehead atoms. The predicted octanol–water partition coefficient (Wildman–Crippen LogP) is 4.15. The molecule has 10 heteroatoms. The standard InChI is InChI=1S/2C12H22N2O2.2ClH/c2*1-11(2,3)16-10(15)14-9-6-12(7-9)4-5-13-8-12;;/h2*9,13H,4-8H2,1-3H3,(H,14,15);2*1H. The van der Waals surface area contributed by atoms with Gasteiger partial charge in [0, 0.05) is 25.2 Å². The van der Waals surface area contributed by atoms with E-state index in [0.717, 1.165) is 51.9 Å². The van der Waals surface area contributed by atoms with Gasteiger partial charge < -0.3 is 30.7 Å². The monoisotopic (exact) mass is 524 g/mol. The third-order valence-electron chi connectivity index (χ3n) is 6.82. The first-order valence-corrected chi connectivity index (χ1v) is 12.2. The fourth-order valence-electron chi connectivity index (χ4n) is 5.41. The van der Waals surface area contributed by atoms with E-state index in [0.29, 0.717) is 22.9 Å². The normalized spacial score (nSPS) is 31.6. The van der Waals surface area contributed by atoms with Gasteiger partial charge in [0.15, 0.2) is 0 Å². The van der Waals surface area contributed by atoms with Crippen LogP contribution in [0.2, 0.25) is 0 Å². The molecule has 2 saturated carbocycles. The Balaban J connectivity index is 0.000000321. The molecule has 0 atom stereocenters. The Hall–Kier alpha value is -0.960. The predicted molar refractivity (Wildman–Crippen MR) is 139 cm³/mol. The van der Waals surface area contributed by atoms with Crippen LogP contribution in [0.4, 0.5) is 9.59 Å². The van der Waals surface area contributed by atoms with Crippen molar-refractivity contribution in [2.45, 2.75) is 103 Å². The molecule has 4 fully saturated rings. The minimum atomic E-state index is -0.402. The van der Waals surface area contributed by atoms with E-state index in [1.165, 1.54) is 12.8 Å². The number of ether oxygens (including phenoxy) is 2. The van der Waals surface area contributed by atoms with Crippen LogP contribution in [0.5, 0.6) is 0 Å². The van der Waals surface area contributed by atoms with Crippen LogP contribution in [0.15, 0.2) is 0 Å². The van der Waals surface area contributed by atoms with Gasteiger partial charge in [-0.15, -0.1) is 24.8 Å². The Morgan fingerprint density at radius 1 is 0.706 bits per heavy atom. The van der Waals surface area contributed by atoms with Gasteiger partial charge in [-0.1, -0.05) is 0 Å². The number of alkyl carbamates (subject to hydrolysis) is 2. The van der Waals surface area contributed by atoms with Crippen molar-refractivity contribution in [3.05, 3.63) is 0 Å². The lowest BCUT2D eigenvalue weighted by molar-refractivity contribution is 0.0351. The zero-order chi connectivity index (χ0) is 23.6. The minimum Gasteiger partial charge on any atom is -0.444 e. The van der Waals surface area contributed by atoms with Crippen molar-refractivity contribution in [2.24, 2.45) is 10.8 Å². The second-order valence-electron chi connectivity index (χ2n) is 12.4. The van der Waals surface area contributed by atoms with E-state index < -0.39 is 11.2 Å². The molecular formula is C24H46Cl2N4O4. The number of halogens is 2. The number of rotatable bonds is 2. The van der Waals surface area contributed by atoms with Gasteiger partial charge in [-0.3, -0.25) is 0 Å². The first-order valence-electron chi connectivity index (χ1n) is 12.2. The largest absolute Gasteiger partial charge is 0.444 e. The zero-order valence-corrected chi connectivity index (χ0v) is 23.3. The van der Waals surface area contributed by atoms with Crippen molar-refractivity contribution in [3.8, 4) is 0 Å². The summed E-state index contributed by atoms with van der Waals surface area (Å²) in [4.78, 5) is 23.0.